The van der Waals surface area contributed by atoms with Crippen LogP contribution in [0.15, 0.2) is 0 Å². The first-order chi connectivity index (χ1) is 7.21. The summed E-state index contributed by atoms with van der Waals surface area (Å²) in [5.41, 5.74) is 5.36. The smallest absolute Gasteiger partial charge is 0.326 e. The molecule has 0 amide bonds. The predicted octanol–water partition coefficient (Wildman–Crippen LogP) is 2.00. The molecule has 0 saturated carbocycles. The molecule has 2 atom stereocenters. The van der Waals surface area contributed by atoms with Gasteiger partial charge in [-0.15, -0.1) is 0 Å². The van der Waals surface area contributed by atoms with Crippen molar-refractivity contribution in [2.24, 2.45) is 5.73 Å². The van der Waals surface area contributed by atoms with Gasteiger partial charge in [-0.05, 0) is 19.4 Å². The fraction of sp³-hybridized carbons (Fsp3) is 1.00. The quantitative estimate of drug-likeness (QED) is 0.772. The van der Waals surface area contributed by atoms with Gasteiger partial charge in [-0.1, -0.05) is 6.92 Å². The van der Waals surface area contributed by atoms with Crippen molar-refractivity contribution in [3.8, 4) is 0 Å². The monoisotopic (exact) mass is 246 g/mol. The third-order valence-corrected chi connectivity index (χ3v) is 2.81. The topological polar surface area (TPSA) is 29.3 Å². The van der Waals surface area contributed by atoms with E-state index in [-0.39, 0.29) is 19.5 Å². The van der Waals surface area contributed by atoms with Crippen molar-refractivity contribution in [3.63, 3.8) is 0 Å². The van der Waals surface area contributed by atoms with Gasteiger partial charge in [-0.2, -0.15) is 22.0 Å². The molecule has 0 bridgehead atoms. The molecule has 1 heterocycles. The number of hydrogen-bond donors (Lipinski definition) is 1. The van der Waals surface area contributed by atoms with E-state index in [1.54, 1.807) is 6.92 Å². The first kappa shape index (κ1) is 13.6. The summed E-state index contributed by atoms with van der Waals surface area (Å²) in [7, 11) is 0. The molecule has 0 aliphatic carbocycles. The minimum absolute atomic E-state index is 0.177. The Morgan fingerprint density at radius 1 is 1.25 bits per heavy atom. The summed E-state index contributed by atoms with van der Waals surface area (Å²) in [5, 5.41) is 0. The Bertz CT molecular complexity index is 239. The predicted molar refractivity (Wildman–Crippen MR) is 49.2 cm³/mol. The fourth-order valence-electron chi connectivity index (χ4n) is 2.09. The molecule has 0 aromatic rings. The number of nitrogens with zero attached hydrogens (tertiary/aromatic N) is 1. The second-order valence-corrected chi connectivity index (χ2v) is 4.05. The van der Waals surface area contributed by atoms with Gasteiger partial charge in [0.25, 0.3) is 0 Å². The molecule has 0 radical (unpaired) electrons. The van der Waals surface area contributed by atoms with Crippen LogP contribution in [0, 0.1) is 0 Å². The van der Waals surface area contributed by atoms with Crippen LogP contribution in [0.1, 0.15) is 19.8 Å². The Morgan fingerprint density at radius 2 is 1.81 bits per heavy atom. The van der Waals surface area contributed by atoms with Crippen molar-refractivity contribution >= 4 is 0 Å². The second kappa shape index (κ2) is 4.44. The van der Waals surface area contributed by atoms with Crippen LogP contribution in [0.2, 0.25) is 0 Å². The molecular formula is C9H15F5N2. The lowest BCUT2D eigenvalue weighted by molar-refractivity contribution is -0.301. The molecule has 1 aliphatic rings. The van der Waals surface area contributed by atoms with Crippen LogP contribution in [-0.4, -0.2) is 42.2 Å². The molecular weight excluding hydrogens is 231 g/mol. The lowest BCUT2D eigenvalue weighted by Gasteiger charge is -2.34. The zero-order valence-electron chi connectivity index (χ0n) is 8.90. The zero-order valence-corrected chi connectivity index (χ0v) is 8.90. The Kier molecular flexibility index (Phi) is 3.79. The van der Waals surface area contributed by atoms with Gasteiger partial charge in [-0.25, -0.2) is 0 Å². The van der Waals surface area contributed by atoms with Crippen molar-refractivity contribution in [1.82, 2.24) is 4.90 Å². The summed E-state index contributed by atoms with van der Waals surface area (Å²) >= 11 is 0. The Hall–Kier alpha value is -0.430. The fourth-order valence-corrected chi connectivity index (χ4v) is 2.09. The molecule has 2 unspecified atom stereocenters. The molecule has 0 spiro atoms. The van der Waals surface area contributed by atoms with Crippen molar-refractivity contribution in [2.75, 3.05) is 13.1 Å². The third kappa shape index (κ3) is 2.29. The van der Waals surface area contributed by atoms with Crippen molar-refractivity contribution < 1.29 is 22.0 Å². The van der Waals surface area contributed by atoms with E-state index in [1.165, 1.54) is 0 Å². The van der Waals surface area contributed by atoms with Gasteiger partial charge in [0.1, 0.15) is 0 Å². The van der Waals surface area contributed by atoms with Crippen molar-refractivity contribution in [2.45, 2.75) is 43.9 Å². The number of rotatable bonds is 3. The highest BCUT2D eigenvalue weighted by Crippen LogP contribution is 2.43. The van der Waals surface area contributed by atoms with Gasteiger partial charge in [0.05, 0.1) is 6.04 Å². The number of likely N-dealkylation sites (tertiary alicyclic amines) is 1. The molecule has 2 N–H and O–H groups in total. The molecule has 1 saturated heterocycles. The SMILES string of the molecule is CCCN1CCC(N)C1C(F)(F)C(F)(F)F. The average Bonchev–Trinajstić information content (AvgIpc) is 2.46. The first-order valence-electron chi connectivity index (χ1n) is 5.16. The Balaban J connectivity index is 2.90. The van der Waals surface area contributed by atoms with E-state index in [2.05, 4.69) is 0 Å². The molecule has 1 fully saturated rings. The van der Waals surface area contributed by atoms with Crippen LogP contribution >= 0.6 is 0 Å². The minimum Gasteiger partial charge on any atom is -0.326 e. The van der Waals surface area contributed by atoms with Crippen LogP contribution in [0.4, 0.5) is 22.0 Å². The highest BCUT2D eigenvalue weighted by Gasteiger charge is 2.66. The lowest BCUT2D eigenvalue weighted by atomic mass is 10.0. The van der Waals surface area contributed by atoms with Crippen molar-refractivity contribution in [1.29, 1.82) is 0 Å². The number of halogens is 5. The van der Waals surface area contributed by atoms with Crippen LogP contribution < -0.4 is 5.73 Å². The third-order valence-electron chi connectivity index (χ3n) is 2.81. The molecule has 1 rings (SSSR count). The minimum atomic E-state index is -5.54. The summed E-state index contributed by atoms with van der Waals surface area (Å²) in [6.45, 7) is 2.14. The van der Waals surface area contributed by atoms with E-state index in [9.17, 15) is 22.0 Å². The van der Waals surface area contributed by atoms with Gasteiger partial charge >= 0.3 is 12.1 Å². The Morgan fingerprint density at radius 3 is 2.25 bits per heavy atom. The summed E-state index contributed by atoms with van der Waals surface area (Å²) in [6.07, 6.45) is -4.83. The van der Waals surface area contributed by atoms with E-state index in [0.29, 0.717) is 6.42 Å². The molecule has 96 valence electrons. The van der Waals surface area contributed by atoms with Crippen LogP contribution in [0.3, 0.4) is 0 Å². The van der Waals surface area contributed by atoms with Gasteiger partial charge in [-0.3, -0.25) is 4.90 Å². The van der Waals surface area contributed by atoms with Gasteiger partial charge < -0.3 is 5.73 Å². The van der Waals surface area contributed by atoms with E-state index in [1.807, 2.05) is 0 Å². The largest absolute Gasteiger partial charge is 0.455 e. The van der Waals surface area contributed by atoms with Crippen molar-refractivity contribution in [3.05, 3.63) is 0 Å². The Labute approximate surface area is 90.6 Å². The van der Waals surface area contributed by atoms with E-state index < -0.39 is 24.2 Å². The molecule has 16 heavy (non-hydrogen) atoms. The van der Waals surface area contributed by atoms with Crippen LogP contribution in [0.5, 0.6) is 0 Å². The molecule has 0 aromatic heterocycles. The maximum atomic E-state index is 13.2. The number of alkyl halides is 5. The molecule has 0 aromatic carbocycles. The van der Waals surface area contributed by atoms with E-state index >= 15 is 0 Å². The summed E-state index contributed by atoms with van der Waals surface area (Å²) in [5.74, 6) is -4.74. The summed E-state index contributed by atoms with van der Waals surface area (Å²) < 4.78 is 63.1. The van der Waals surface area contributed by atoms with E-state index in [4.69, 9.17) is 5.73 Å². The van der Waals surface area contributed by atoms with Crippen LogP contribution in [-0.2, 0) is 0 Å². The first-order valence-corrected chi connectivity index (χ1v) is 5.16. The van der Waals surface area contributed by atoms with Gasteiger partial charge in [0.2, 0.25) is 0 Å². The number of nitrogens with two attached hydrogens (primary N) is 1. The standard InChI is InChI=1S/C9H15F5N2/c1-2-4-16-5-3-6(15)7(16)8(10,11)9(12,13)14/h6-7H,2-5,15H2,1H3. The summed E-state index contributed by atoms with van der Waals surface area (Å²) in [6, 6.07) is -3.05. The highest BCUT2D eigenvalue weighted by molar-refractivity contribution is 5.01. The van der Waals surface area contributed by atoms with Gasteiger partial charge in [0.15, 0.2) is 0 Å². The van der Waals surface area contributed by atoms with E-state index in [0.717, 1.165) is 4.90 Å². The maximum absolute atomic E-state index is 13.2. The molecule has 1 aliphatic heterocycles. The van der Waals surface area contributed by atoms with Crippen LogP contribution in [0.25, 0.3) is 0 Å². The molecule has 2 nitrogen and oxygen atoms in total. The zero-order chi connectivity index (χ0) is 12.6. The lowest BCUT2D eigenvalue weighted by Crippen LogP contribution is -2.58. The number of hydrogen-bond acceptors (Lipinski definition) is 2. The summed E-state index contributed by atoms with van der Waals surface area (Å²) in [4.78, 5) is 1.14. The molecule has 7 heteroatoms. The maximum Gasteiger partial charge on any atom is 0.455 e. The average molecular weight is 246 g/mol. The normalized spacial score (nSPS) is 28.7. The van der Waals surface area contributed by atoms with Gasteiger partial charge in [0, 0.05) is 12.6 Å². The second-order valence-electron chi connectivity index (χ2n) is 4.05. The highest BCUT2D eigenvalue weighted by atomic mass is 19.4.